The summed E-state index contributed by atoms with van der Waals surface area (Å²) < 4.78 is 5.02. The molecule has 0 unspecified atom stereocenters. The maximum absolute atomic E-state index is 9.67. The van der Waals surface area contributed by atoms with Crippen LogP contribution in [0.3, 0.4) is 0 Å². The number of phenolic OH excluding ortho intramolecular Hbond substituents is 1. The van der Waals surface area contributed by atoms with Crippen LogP contribution in [-0.2, 0) is 11.4 Å². The highest BCUT2D eigenvalue weighted by Crippen LogP contribution is 2.33. The first-order chi connectivity index (χ1) is 6.61. The molecule has 0 aliphatic rings. The van der Waals surface area contributed by atoms with Gasteiger partial charge in [-0.05, 0) is 36.6 Å². The number of ether oxygens (including phenoxy) is 1. The molecule has 0 bridgehead atoms. The molecule has 0 saturated carbocycles. The van der Waals surface area contributed by atoms with Crippen molar-refractivity contribution in [2.24, 2.45) is 5.90 Å². The maximum Gasteiger partial charge on any atom is 0.161 e. The van der Waals surface area contributed by atoms with E-state index in [2.05, 4.69) is 4.84 Å². The number of aromatic hydroxyl groups is 1. The predicted molar refractivity (Wildman–Crippen MR) is 53.1 cm³/mol. The summed E-state index contributed by atoms with van der Waals surface area (Å²) in [6.45, 7) is 4.04. The molecule has 0 fully saturated rings. The first-order valence-electron chi connectivity index (χ1n) is 4.29. The smallest absolute Gasteiger partial charge is 0.161 e. The lowest BCUT2D eigenvalue weighted by molar-refractivity contribution is 0.123. The summed E-state index contributed by atoms with van der Waals surface area (Å²) in [5.74, 6) is 5.62. The molecule has 0 saturated heterocycles. The van der Waals surface area contributed by atoms with Crippen LogP contribution >= 0.6 is 0 Å². The van der Waals surface area contributed by atoms with Gasteiger partial charge in [-0.25, -0.2) is 5.90 Å². The van der Waals surface area contributed by atoms with Gasteiger partial charge in [-0.1, -0.05) is 0 Å². The Hall–Kier alpha value is -1.26. The van der Waals surface area contributed by atoms with E-state index in [4.69, 9.17) is 10.6 Å². The molecule has 0 atom stereocenters. The van der Waals surface area contributed by atoms with Crippen molar-refractivity contribution in [3.63, 3.8) is 0 Å². The zero-order valence-electron chi connectivity index (χ0n) is 8.63. The summed E-state index contributed by atoms with van der Waals surface area (Å²) in [5, 5.41) is 9.67. The number of hydrogen-bond acceptors (Lipinski definition) is 4. The van der Waals surface area contributed by atoms with Crippen molar-refractivity contribution >= 4 is 0 Å². The third kappa shape index (κ3) is 1.81. The van der Waals surface area contributed by atoms with Crippen LogP contribution in [0.15, 0.2) is 6.07 Å². The monoisotopic (exact) mass is 197 g/mol. The van der Waals surface area contributed by atoms with Crippen molar-refractivity contribution < 1.29 is 14.7 Å². The molecular weight excluding hydrogens is 182 g/mol. The van der Waals surface area contributed by atoms with Gasteiger partial charge in [-0.3, -0.25) is 4.84 Å². The van der Waals surface area contributed by atoms with Crippen molar-refractivity contribution in [3.8, 4) is 11.5 Å². The molecule has 0 radical (unpaired) electrons. The van der Waals surface area contributed by atoms with Gasteiger partial charge in [0.15, 0.2) is 11.5 Å². The van der Waals surface area contributed by atoms with Crippen LogP contribution in [0.4, 0.5) is 0 Å². The molecule has 0 aromatic heterocycles. The van der Waals surface area contributed by atoms with Crippen molar-refractivity contribution in [2.45, 2.75) is 20.5 Å². The van der Waals surface area contributed by atoms with E-state index < -0.39 is 0 Å². The second kappa shape index (κ2) is 4.30. The summed E-state index contributed by atoms with van der Waals surface area (Å²) in [6, 6.07) is 1.73. The minimum Gasteiger partial charge on any atom is -0.504 e. The number of rotatable bonds is 3. The van der Waals surface area contributed by atoms with Gasteiger partial charge in [0, 0.05) is 0 Å². The second-order valence-electron chi connectivity index (χ2n) is 3.15. The standard InChI is InChI=1S/C10H15NO3/c1-6-7(2)10(12)9(13-3)4-8(6)5-14-11/h4,12H,5,11H2,1-3H3. The van der Waals surface area contributed by atoms with Gasteiger partial charge < -0.3 is 9.84 Å². The van der Waals surface area contributed by atoms with E-state index in [-0.39, 0.29) is 5.75 Å². The number of phenols is 1. The highest BCUT2D eigenvalue weighted by Gasteiger charge is 2.11. The summed E-state index contributed by atoms with van der Waals surface area (Å²) in [5.41, 5.74) is 2.67. The summed E-state index contributed by atoms with van der Waals surface area (Å²) >= 11 is 0. The molecule has 78 valence electrons. The van der Waals surface area contributed by atoms with E-state index >= 15 is 0 Å². The number of hydrogen-bond donors (Lipinski definition) is 2. The van der Waals surface area contributed by atoms with E-state index in [1.165, 1.54) is 7.11 Å². The molecule has 4 nitrogen and oxygen atoms in total. The third-order valence-corrected chi connectivity index (χ3v) is 2.40. The highest BCUT2D eigenvalue weighted by atomic mass is 16.6. The van der Waals surface area contributed by atoms with E-state index in [9.17, 15) is 5.11 Å². The van der Waals surface area contributed by atoms with E-state index in [1.807, 2.05) is 13.8 Å². The molecule has 4 heteroatoms. The second-order valence-corrected chi connectivity index (χ2v) is 3.15. The number of nitrogens with two attached hydrogens (primary N) is 1. The fraction of sp³-hybridized carbons (Fsp3) is 0.400. The molecule has 14 heavy (non-hydrogen) atoms. The van der Waals surface area contributed by atoms with Gasteiger partial charge in [-0.2, -0.15) is 0 Å². The van der Waals surface area contributed by atoms with Crippen LogP contribution in [0.2, 0.25) is 0 Å². The molecule has 0 spiro atoms. The van der Waals surface area contributed by atoms with Gasteiger partial charge in [0.05, 0.1) is 13.7 Å². The SMILES string of the molecule is COc1cc(CON)c(C)c(C)c1O. The quantitative estimate of drug-likeness (QED) is 0.719. The Kier molecular flexibility index (Phi) is 3.33. The molecule has 3 N–H and O–H groups in total. The minimum absolute atomic E-state index is 0.172. The Bertz CT molecular complexity index is 337. The first kappa shape index (κ1) is 10.8. The van der Waals surface area contributed by atoms with E-state index in [0.717, 1.165) is 16.7 Å². The Labute approximate surface area is 83.2 Å². The zero-order chi connectivity index (χ0) is 10.7. The maximum atomic E-state index is 9.67. The molecule has 0 heterocycles. The van der Waals surface area contributed by atoms with Gasteiger partial charge in [0.2, 0.25) is 0 Å². The molecule has 0 amide bonds. The van der Waals surface area contributed by atoms with Gasteiger partial charge in [0.25, 0.3) is 0 Å². The van der Waals surface area contributed by atoms with Crippen LogP contribution in [0.1, 0.15) is 16.7 Å². The number of methoxy groups -OCH3 is 1. The lowest BCUT2D eigenvalue weighted by Crippen LogP contribution is -2.02. The molecule has 1 aromatic carbocycles. The van der Waals surface area contributed by atoms with E-state index in [1.54, 1.807) is 6.07 Å². The van der Waals surface area contributed by atoms with Crippen LogP contribution in [0.25, 0.3) is 0 Å². The highest BCUT2D eigenvalue weighted by molar-refractivity contribution is 5.52. The van der Waals surface area contributed by atoms with Crippen LogP contribution in [0.5, 0.6) is 11.5 Å². The van der Waals surface area contributed by atoms with Gasteiger partial charge in [-0.15, -0.1) is 0 Å². The fourth-order valence-corrected chi connectivity index (χ4v) is 1.33. The van der Waals surface area contributed by atoms with Crippen molar-refractivity contribution in [1.29, 1.82) is 0 Å². The Balaban J connectivity index is 3.25. The molecule has 1 aromatic rings. The first-order valence-corrected chi connectivity index (χ1v) is 4.29. The van der Waals surface area contributed by atoms with Crippen LogP contribution in [-0.4, -0.2) is 12.2 Å². The largest absolute Gasteiger partial charge is 0.504 e. The number of benzene rings is 1. The van der Waals surface area contributed by atoms with Gasteiger partial charge >= 0.3 is 0 Å². The lowest BCUT2D eigenvalue weighted by atomic mass is 10.0. The topological polar surface area (TPSA) is 64.7 Å². The summed E-state index contributed by atoms with van der Waals surface area (Å²) in [4.78, 5) is 4.57. The lowest BCUT2D eigenvalue weighted by Gasteiger charge is -2.13. The minimum atomic E-state index is 0.172. The van der Waals surface area contributed by atoms with Crippen LogP contribution in [0, 0.1) is 13.8 Å². The normalized spacial score (nSPS) is 10.3. The Morgan fingerprint density at radius 2 is 2.00 bits per heavy atom. The Morgan fingerprint density at radius 3 is 2.50 bits per heavy atom. The fourth-order valence-electron chi connectivity index (χ4n) is 1.33. The Morgan fingerprint density at radius 1 is 1.36 bits per heavy atom. The average Bonchev–Trinajstić information content (AvgIpc) is 2.19. The molecular formula is C10H15NO3. The van der Waals surface area contributed by atoms with Crippen molar-refractivity contribution in [3.05, 3.63) is 22.8 Å². The summed E-state index contributed by atoms with van der Waals surface area (Å²) in [7, 11) is 1.51. The third-order valence-electron chi connectivity index (χ3n) is 2.40. The molecule has 0 aliphatic carbocycles. The molecule has 0 aliphatic heterocycles. The zero-order valence-corrected chi connectivity index (χ0v) is 8.63. The predicted octanol–water partition coefficient (Wildman–Crippen LogP) is 1.41. The molecule has 1 rings (SSSR count). The van der Waals surface area contributed by atoms with Crippen LogP contribution < -0.4 is 10.6 Å². The van der Waals surface area contributed by atoms with E-state index in [0.29, 0.717) is 12.4 Å². The van der Waals surface area contributed by atoms with Gasteiger partial charge in [0.1, 0.15) is 0 Å². The average molecular weight is 197 g/mol. The van der Waals surface area contributed by atoms with Crippen molar-refractivity contribution in [2.75, 3.05) is 7.11 Å². The summed E-state index contributed by atoms with van der Waals surface area (Å²) in [6.07, 6.45) is 0. The van der Waals surface area contributed by atoms with Crippen molar-refractivity contribution in [1.82, 2.24) is 0 Å².